The van der Waals surface area contributed by atoms with Crippen molar-refractivity contribution in [3.05, 3.63) is 60.9 Å². The maximum atomic E-state index is 12.2. The average Bonchev–Trinajstić information content (AvgIpc) is 2.88. The second-order valence-electron chi connectivity index (χ2n) is 5.89. The zero-order valence-corrected chi connectivity index (χ0v) is 16.9. The van der Waals surface area contributed by atoms with Gasteiger partial charge in [0.2, 0.25) is 5.91 Å². The lowest BCUT2D eigenvalue weighted by atomic mass is 10.1. The maximum Gasteiger partial charge on any atom is 0.259 e. The van der Waals surface area contributed by atoms with Crippen LogP contribution in [-0.2, 0) is 11.2 Å². The molecule has 0 aliphatic carbocycles. The number of nitrogens with one attached hydrogen (secondary N) is 2. The number of aryl methyl sites for hydroxylation is 2. The molecule has 0 saturated carbocycles. The third-order valence-corrected chi connectivity index (χ3v) is 5.66. The van der Waals surface area contributed by atoms with Crippen molar-refractivity contribution in [3.8, 4) is 0 Å². The number of carbonyl (C=O) groups is 1. The predicted molar refractivity (Wildman–Crippen MR) is 108 cm³/mol. The van der Waals surface area contributed by atoms with Crippen molar-refractivity contribution in [2.24, 2.45) is 5.10 Å². The first-order chi connectivity index (χ1) is 12.3. The van der Waals surface area contributed by atoms with Gasteiger partial charge in [0.05, 0.1) is 17.5 Å². The number of hydrazone groups is 1. The first-order valence-electron chi connectivity index (χ1n) is 7.93. The molecule has 1 amide bonds. The Morgan fingerprint density at radius 3 is 2.69 bits per heavy atom. The Morgan fingerprint density at radius 1 is 1.31 bits per heavy atom. The van der Waals surface area contributed by atoms with Gasteiger partial charge < -0.3 is 4.98 Å². The predicted octanol–water partition coefficient (Wildman–Crippen LogP) is 3.45. The summed E-state index contributed by atoms with van der Waals surface area (Å²) >= 11 is 4.83. The van der Waals surface area contributed by atoms with Crippen LogP contribution < -0.4 is 11.0 Å². The van der Waals surface area contributed by atoms with E-state index in [1.54, 1.807) is 0 Å². The van der Waals surface area contributed by atoms with Crippen LogP contribution in [0, 0.1) is 13.8 Å². The second kappa shape index (κ2) is 7.51. The molecule has 0 radical (unpaired) electrons. The smallest absolute Gasteiger partial charge is 0.259 e. The van der Waals surface area contributed by atoms with Crippen LogP contribution in [0.1, 0.15) is 28.8 Å². The van der Waals surface area contributed by atoms with E-state index in [2.05, 4.69) is 36.4 Å². The van der Waals surface area contributed by atoms with E-state index in [1.807, 2.05) is 45.0 Å². The van der Waals surface area contributed by atoms with Crippen molar-refractivity contribution in [1.29, 1.82) is 0 Å². The number of benzene rings is 1. The van der Waals surface area contributed by atoms with E-state index in [-0.39, 0.29) is 17.9 Å². The lowest BCUT2D eigenvalue weighted by molar-refractivity contribution is -0.120. The first kappa shape index (κ1) is 18.5. The van der Waals surface area contributed by atoms with E-state index in [0.717, 1.165) is 20.5 Å². The van der Waals surface area contributed by atoms with Crippen molar-refractivity contribution in [3.63, 3.8) is 0 Å². The molecule has 0 unspecified atom stereocenters. The molecule has 1 aromatic carbocycles. The Morgan fingerprint density at radius 2 is 2.00 bits per heavy atom. The van der Waals surface area contributed by atoms with Crippen molar-refractivity contribution in [2.45, 2.75) is 27.2 Å². The lowest BCUT2D eigenvalue weighted by Gasteiger charge is -2.03. The zero-order valence-electron chi connectivity index (χ0n) is 14.5. The van der Waals surface area contributed by atoms with Crippen LogP contribution in [0.25, 0.3) is 10.2 Å². The monoisotopic (exact) mass is 432 g/mol. The van der Waals surface area contributed by atoms with Crippen LogP contribution in [0.2, 0.25) is 0 Å². The van der Waals surface area contributed by atoms with Gasteiger partial charge in [0.1, 0.15) is 10.7 Å². The number of nitrogens with zero attached hydrogens (tertiary/aromatic N) is 2. The van der Waals surface area contributed by atoms with Crippen molar-refractivity contribution in [1.82, 2.24) is 15.4 Å². The molecular formula is C18H17BrN4O2S. The molecule has 0 bridgehead atoms. The molecule has 0 aliphatic heterocycles. The molecule has 0 aliphatic rings. The zero-order chi connectivity index (χ0) is 18.8. The van der Waals surface area contributed by atoms with Gasteiger partial charge in [-0.1, -0.05) is 28.1 Å². The largest absolute Gasteiger partial charge is 0.309 e. The Balaban J connectivity index is 1.74. The lowest BCUT2D eigenvalue weighted by Crippen LogP contribution is -2.24. The molecular weight excluding hydrogens is 416 g/mol. The number of H-pyrrole nitrogens is 1. The van der Waals surface area contributed by atoms with Crippen LogP contribution in [0.3, 0.4) is 0 Å². The number of carbonyl (C=O) groups excluding carboxylic acids is 1. The normalized spacial score (nSPS) is 11.8. The van der Waals surface area contributed by atoms with Gasteiger partial charge in [-0.2, -0.15) is 5.10 Å². The van der Waals surface area contributed by atoms with Crippen LogP contribution >= 0.6 is 27.3 Å². The van der Waals surface area contributed by atoms with Gasteiger partial charge in [0, 0.05) is 9.35 Å². The summed E-state index contributed by atoms with van der Waals surface area (Å²) in [6.07, 6.45) is -0.0434. The minimum Gasteiger partial charge on any atom is -0.309 e. The van der Waals surface area contributed by atoms with Gasteiger partial charge in [0.25, 0.3) is 5.56 Å². The van der Waals surface area contributed by atoms with Crippen molar-refractivity contribution >= 4 is 49.1 Å². The number of aromatic nitrogens is 2. The Bertz CT molecular complexity index is 1070. The summed E-state index contributed by atoms with van der Waals surface area (Å²) in [4.78, 5) is 33.2. The number of rotatable bonds is 4. The van der Waals surface area contributed by atoms with Gasteiger partial charge >= 0.3 is 0 Å². The topological polar surface area (TPSA) is 87.2 Å². The van der Waals surface area contributed by atoms with Crippen LogP contribution in [0.15, 0.2) is 38.6 Å². The molecule has 26 heavy (non-hydrogen) atoms. The fraction of sp³-hybridized carbons (Fsp3) is 0.222. The summed E-state index contributed by atoms with van der Waals surface area (Å²) in [6.45, 7) is 5.66. The van der Waals surface area contributed by atoms with Gasteiger partial charge in [-0.15, -0.1) is 11.3 Å². The summed E-state index contributed by atoms with van der Waals surface area (Å²) < 4.78 is 0.975. The highest BCUT2D eigenvalue weighted by molar-refractivity contribution is 9.10. The second-order valence-corrected chi connectivity index (χ2v) is 8.01. The van der Waals surface area contributed by atoms with E-state index in [4.69, 9.17) is 0 Å². The highest BCUT2D eigenvalue weighted by Gasteiger charge is 2.13. The third kappa shape index (κ3) is 3.91. The van der Waals surface area contributed by atoms with Gasteiger partial charge in [-0.3, -0.25) is 9.59 Å². The molecule has 134 valence electrons. The van der Waals surface area contributed by atoms with Crippen LogP contribution in [-0.4, -0.2) is 21.6 Å². The molecule has 3 aromatic rings. The summed E-state index contributed by atoms with van der Waals surface area (Å²) in [6, 6.07) is 7.63. The fourth-order valence-corrected chi connectivity index (χ4v) is 3.79. The molecule has 3 rings (SSSR count). The standard InChI is InChI=1S/C18H17BrN4O2S/c1-9-11(3)26-18-16(9)17(25)20-14(21-18)8-15(24)23-22-10(2)12-4-6-13(19)7-5-12/h4-7H,8H2,1-3H3,(H,23,24)(H,20,21,25)/b22-10+. The summed E-state index contributed by atoms with van der Waals surface area (Å²) in [5.41, 5.74) is 4.82. The summed E-state index contributed by atoms with van der Waals surface area (Å²) in [5.74, 6) is -0.00768. The molecule has 0 spiro atoms. The minimum atomic E-state index is -0.339. The van der Waals surface area contributed by atoms with Gasteiger partial charge in [-0.25, -0.2) is 10.4 Å². The number of aromatic amines is 1. The molecule has 6 nitrogen and oxygen atoms in total. The van der Waals surface area contributed by atoms with Crippen LogP contribution in [0.5, 0.6) is 0 Å². The number of hydrogen-bond acceptors (Lipinski definition) is 5. The van der Waals surface area contributed by atoms with Crippen LogP contribution in [0.4, 0.5) is 0 Å². The Labute approximate surface area is 162 Å². The number of fused-ring (bicyclic) bond motifs is 1. The Kier molecular flexibility index (Phi) is 5.33. The first-order valence-corrected chi connectivity index (χ1v) is 9.54. The molecule has 8 heteroatoms. The summed E-state index contributed by atoms with van der Waals surface area (Å²) in [7, 11) is 0. The number of amides is 1. The fourth-order valence-electron chi connectivity index (χ4n) is 2.48. The molecule has 0 fully saturated rings. The highest BCUT2D eigenvalue weighted by atomic mass is 79.9. The van der Waals surface area contributed by atoms with Gasteiger partial charge in [-0.05, 0) is 44.0 Å². The Hall–Kier alpha value is -2.32. The highest BCUT2D eigenvalue weighted by Crippen LogP contribution is 2.25. The van der Waals surface area contributed by atoms with E-state index < -0.39 is 0 Å². The number of halogens is 1. The summed E-state index contributed by atoms with van der Waals surface area (Å²) in [5, 5.41) is 4.71. The molecule has 2 heterocycles. The average molecular weight is 433 g/mol. The van der Waals surface area contributed by atoms with Crippen molar-refractivity contribution < 1.29 is 4.79 Å². The third-order valence-electron chi connectivity index (χ3n) is 4.03. The molecule has 0 atom stereocenters. The van der Waals surface area contributed by atoms with E-state index in [1.165, 1.54) is 11.3 Å². The minimum absolute atomic E-state index is 0.0434. The van der Waals surface area contributed by atoms with E-state index in [9.17, 15) is 9.59 Å². The van der Waals surface area contributed by atoms with Gasteiger partial charge in [0.15, 0.2) is 0 Å². The molecule has 2 aromatic heterocycles. The number of hydrogen-bond donors (Lipinski definition) is 2. The number of thiophene rings is 1. The maximum absolute atomic E-state index is 12.2. The van der Waals surface area contributed by atoms with E-state index >= 15 is 0 Å². The quantitative estimate of drug-likeness (QED) is 0.488. The molecule has 0 saturated heterocycles. The SMILES string of the molecule is C/C(=N\NC(=O)Cc1nc2sc(C)c(C)c2c(=O)[nH]1)c1ccc(Br)cc1. The van der Waals surface area contributed by atoms with Crippen molar-refractivity contribution in [2.75, 3.05) is 0 Å². The van der Waals surface area contributed by atoms with E-state index in [0.29, 0.717) is 21.8 Å². The molecule has 2 N–H and O–H groups in total.